The van der Waals surface area contributed by atoms with Gasteiger partial charge in [-0.05, 0) is 36.8 Å². The lowest BCUT2D eigenvalue weighted by Gasteiger charge is -2.25. The lowest BCUT2D eigenvalue weighted by Crippen LogP contribution is -2.28. The molecule has 158 valence electrons. The lowest BCUT2D eigenvalue weighted by atomic mass is 9.91. The number of rotatable bonds is 5. The number of ether oxygens (including phenoxy) is 2. The molecule has 29 heavy (non-hydrogen) atoms. The molecule has 2 N–H and O–H groups in total. The van der Waals surface area contributed by atoms with Crippen LogP contribution in [0.1, 0.15) is 54.9 Å². The number of benzene rings is 1. The molecule has 6 nitrogen and oxygen atoms in total. The molecule has 3 atom stereocenters. The molecular formula is C23H30O6. The summed E-state index contributed by atoms with van der Waals surface area (Å²) in [5, 5.41) is 20.7. The summed E-state index contributed by atoms with van der Waals surface area (Å²) in [5.74, 6) is -1.17. The smallest absolute Gasteiger partial charge is 0.342 e. The number of phenols is 1. The Labute approximate surface area is 171 Å². The second-order valence-electron chi connectivity index (χ2n) is 7.42. The normalized spacial score (nSPS) is 23.4. The van der Waals surface area contributed by atoms with Crippen molar-refractivity contribution < 1.29 is 29.3 Å². The van der Waals surface area contributed by atoms with Crippen LogP contribution in [0.4, 0.5) is 0 Å². The molecule has 6 heteroatoms. The third kappa shape index (κ3) is 7.06. The highest BCUT2D eigenvalue weighted by Crippen LogP contribution is 2.27. The molecule has 0 aliphatic carbocycles. The Morgan fingerprint density at radius 3 is 2.93 bits per heavy atom. The van der Waals surface area contributed by atoms with E-state index in [-0.39, 0.29) is 36.7 Å². The molecule has 0 fully saturated rings. The lowest BCUT2D eigenvalue weighted by molar-refractivity contribution is -0.136. The van der Waals surface area contributed by atoms with E-state index in [9.17, 15) is 19.8 Å². The van der Waals surface area contributed by atoms with Crippen LogP contribution in [0.15, 0.2) is 43.0 Å². The number of aliphatic hydroxyl groups is 1. The standard InChI is InChI=1S/C23H30O6/c1-3-14-28-21(26)13-7-11-18-15-20(25)16(2)8-4-5-9-17-10-6-12-19(24)22(17)23(27)29-18/h3,6-7,10,12-13,16,18,20,24-25H,1,4-5,8-9,11,14-15H2,2H3/b13-7+/t16-,18?,20+/m0/s1. The number of hydrogen-bond donors (Lipinski definition) is 2. The Bertz CT molecular complexity index is 739. The monoisotopic (exact) mass is 402 g/mol. The zero-order valence-corrected chi connectivity index (χ0v) is 16.9. The molecule has 0 saturated carbocycles. The minimum Gasteiger partial charge on any atom is -0.507 e. The number of carbonyl (C=O) groups is 2. The molecule has 0 spiro atoms. The number of phenolic OH excluding ortho intramolecular Hbond substituents is 1. The predicted molar refractivity (Wildman–Crippen MR) is 110 cm³/mol. The molecule has 1 aromatic carbocycles. The Hall–Kier alpha value is -2.60. The van der Waals surface area contributed by atoms with Crippen LogP contribution in [-0.2, 0) is 20.7 Å². The summed E-state index contributed by atoms with van der Waals surface area (Å²) >= 11 is 0. The van der Waals surface area contributed by atoms with Crippen LogP contribution in [0.3, 0.4) is 0 Å². The van der Waals surface area contributed by atoms with Crippen LogP contribution < -0.4 is 0 Å². The van der Waals surface area contributed by atoms with E-state index >= 15 is 0 Å². The van der Waals surface area contributed by atoms with Crippen molar-refractivity contribution in [2.75, 3.05) is 6.61 Å². The van der Waals surface area contributed by atoms with Crippen molar-refractivity contribution in [2.45, 2.75) is 57.7 Å². The van der Waals surface area contributed by atoms with E-state index in [1.165, 1.54) is 18.2 Å². The van der Waals surface area contributed by atoms with Crippen molar-refractivity contribution in [2.24, 2.45) is 5.92 Å². The van der Waals surface area contributed by atoms with E-state index in [2.05, 4.69) is 6.58 Å². The molecule has 1 aliphatic rings. The maximum atomic E-state index is 12.8. The second-order valence-corrected chi connectivity index (χ2v) is 7.42. The maximum Gasteiger partial charge on any atom is 0.342 e. The van der Waals surface area contributed by atoms with Crippen molar-refractivity contribution in [1.82, 2.24) is 0 Å². The average Bonchev–Trinajstić information content (AvgIpc) is 2.68. The van der Waals surface area contributed by atoms with E-state index < -0.39 is 24.1 Å². The molecule has 0 bridgehead atoms. The van der Waals surface area contributed by atoms with E-state index in [0.29, 0.717) is 6.42 Å². The molecule has 1 aromatic rings. The van der Waals surface area contributed by atoms with Crippen molar-refractivity contribution in [1.29, 1.82) is 0 Å². The van der Waals surface area contributed by atoms with Crippen LogP contribution in [0.2, 0.25) is 0 Å². The molecule has 0 radical (unpaired) electrons. The first kappa shape index (κ1) is 22.7. The largest absolute Gasteiger partial charge is 0.507 e. The molecule has 1 unspecified atom stereocenters. The summed E-state index contributed by atoms with van der Waals surface area (Å²) in [5.41, 5.74) is 0.932. The number of aliphatic hydroxyl groups excluding tert-OH is 1. The number of cyclic esters (lactones) is 1. The minimum atomic E-state index is -0.629. The van der Waals surface area contributed by atoms with Crippen LogP contribution in [0.5, 0.6) is 5.75 Å². The fourth-order valence-electron chi connectivity index (χ4n) is 3.41. The van der Waals surface area contributed by atoms with E-state index in [1.54, 1.807) is 12.1 Å². The van der Waals surface area contributed by atoms with Crippen LogP contribution >= 0.6 is 0 Å². The van der Waals surface area contributed by atoms with Gasteiger partial charge in [0.2, 0.25) is 0 Å². The molecule has 0 amide bonds. The SMILES string of the molecule is C=CCOC(=O)/C=C/CC1C[C@@H](O)[C@@H](C)CCCCc2cccc(O)c2C(=O)O1. The zero-order chi connectivity index (χ0) is 21.2. The highest BCUT2D eigenvalue weighted by molar-refractivity contribution is 5.94. The van der Waals surface area contributed by atoms with Gasteiger partial charge >= 0.3 is 11.9 Å². The van der Waals surface area contributed by atoms with Gasteiger partial charge in [-0.25, -0.2) is 9.59 Å². The third-order valence-corrected chi connectivity index (χ3v) is 5.12. The van der Waals surface area contributed by atoms with Gasteiger partial charge in [0.15, 0.2) is 0 Å². The van der Waals surface area contributed by atoms with Gasteiger partial charge < -0.3 is 19.7 Å². The van der Waals surface area contributed by atoms with Crippen LogP contribution in [0.25, 0.3) is 0 Å². The van der Waals surface area contributed by atoms with E-state index in [0.717, 1.165) is 24.8 Å². The Kier molecular flexibility index (Phi) is 8.93. The number of esters is 2. The van der Waals surface area contributed by atoms with Crippen molar-refractivity contribution in [3.05, 3.63) is 54.1 Å². The van der Waals surface area contributed by atoms with Crippen LogP contribution in [-0.4, -0.2) is 41.0 Å². The quantitative estimate of drug-likeness (QED) is 0.443. The number of fused-ring (bicyclic) bond motifs is 1. The molecule has 0 aromatic heterocycles. The van der Waals surface area contributed by atoms with Gasteiger partial charge in [0, 0.05) is 18.9 Å². The van der Waals surface area contributed by atoms with Crippen molar-refractivity contribution in [3.8, 4) is 5.75 Å². The highest BCUT2D eigenvalue weighted by Gasteiger charge is 2.26. The Morgan fingerprint density at radius 1 is 1.38 bits per heavy atom. The molecule has 1 heterocycles. The number of hydrogen-bond acceptors (Lipinski definition) is 6. The number of carbonyl (C=O) groups excluding carboxylic acids is 2. The van der Waals surface area contributed by atoms with Crippen molar-refractivity contribution >= 4 is 11.9 Å². The predicted octanol–water partition coefficient (Wildman–Crippen LogP) is 3.71. The van der Waals surface area contributed by atoms with Gasteiger partial charge in [0.1, 0.15) is 24.0 Å². The first-order valence-corrected chi connectivity index (χ1v) is 10.1. The fraction of sp³-hybridized carbons (Fsp3) is 0.478. The van der Waals surface area contributed by atoms with Gasteiger partial charge in [-0.15, -0.1) is 0 Å². The topological polar surface area (TPSA) is 93.1 Å². The summed E-state index contributed by atoms with van der Waals surface area (Å²) in [4.78, 5) is 24.4. The molecule has 1 aliphatic heterocycles. The summed E-state index contributed by atoms with van der Waals surface area (Å²) in [6, 6.07) is 5.01. The van der Waals surface area contributed by atoms with Crippen molar-refractivity contribution in [3.63, 3.8) is 0 Å². The zero-order valence-electron chi connectivity index (χ0n) is 16.9. The second kappa shape index (κ2) is 11.4. The van der Waals surface area contributed by atoms with Crippen LogP contribution in [0, 0.1) is 5.92 Å². The van der Waals surface area contributed by atoms with E-state index in [1.807, 2.05) is 13.0 Å². The summed E-state index contributed by atoms with van der Waals surface area (Å²) in [7, 11) is 0. The first-order valence-electron chi connectivity index (χ1n) is 10.1. The summed E-state index contributed by atoms with van der Waals surface area (Å²) in [6.07, 6.45) is 6.86. The molecule has 0 saturated heterocycles. The Morgan fingerprint density at radius 2 is 2.17 bits per heavy atom. The number of aromatic hydroxyl groups is 1. The third-order valence-electron chi connectivity index (χ3n) is 5.12. The molecular weight excluding hydrogens is 372 g/mol. The van der Waals surface area contributed by atoms with E-state index in [4.69, 9.17) is 9.47 Å². The van der Waals surface area contributed by atoms with Gasteiger partial charge in [0.25, 0.3) is 0 Å². The maximum absolute atomic E-state index is 12.8. The van der Waals surface area contributed by atoms with Gasteiger partial charge in [-0.2, -0.15) is 0 Å². The first-order chi connectivity index (χ1) is 13.9. The number of aryl methyl sites for hydroxylation is 1. The Balaban J connectivity index is 2.19. The summed E-state index contributed by atoms with van der Waals surface area (Å²) in [6.45, 7) is 5.58. The molecule has 2 rings (SSSR count). The summed E-state index contributed by atoms with van der Waals surface area (Å²) < 4.78 is 10.5. The minimum absolute atomic E-state index is 0.0702. The fourth-order valence-corrected chi connectivity index (χ4v) is 3.41. The van der Waals surface area contributed by atoms with Gasteiger partial charge in [-0.3, -0.25) is 0 Å². The average molecular weight is 402 g/mol. The van der Waals surface area contributed by atoms with Gasteiger partial charge in [0.05, 0.1) is 6.10 Å². The van der Waals surface area contributed by atoms with Gasteiger partial charge in [-0.1, -0.05) is 44.2 Å². The highest BCUT2D eigenvalue weighted by atomic mass is 16.5.